The third-order valence-electron chi connectivity index (χ3n) is 3.30. The van der Waals surface area contributed by atoms with Crippen LogP contribution in [0.3, 0.4) is 0 Å². The van der Waals surface area contributed by atoms with Crippen molar-refractivity contribution >= 4 is 27.7 Å². The maximum atomic E-state index is 12.5. The number of hydrogen-bond acceptors (Lipinski definition) is 3. The standard InChI is InChI=1S/C15H17BrN2O2/c1-9-7-13(11(3)20-9)10(2)15(19)18(4)14-6-5-12(16)8-17-14/h5-8,10H,1-4H3/t10-/m1/s1. The van der Waals surface area contributed by atoms with Crippen LogP contribution in [0.5, 0.6) is 0 Å². The van der Waals surface area contributed by atoms with Crippen molar-refractivity contribution in [2.75, 3.05) is 11.9 Å². The molecule has 1 atom stereocenters. The molecule has 20 heavy (non-hydrogen) atoms. The van der Waals surface area contributed by atoms with Gasteiger partial charge in [-0.2, -0.15) is 0 Å². The van der Waals surface area contributed by atoms with Gasteiger partial charge in [0.25, 0.3) is 0 Å². The second-order valence-electron chi connectivity index (χ2n) is 4.82. The molecule has 5 heteroatoms. The van der Waals surface area contributed by atoms with Crippen LogP contribution in [-0.2, 0) is 4.79 Å². The third-order valence-corrected chi connectivity index (χ3v) is 3.77. The second kappa shape index (κ2) is 5.79. The molecule has 2 aromatic heterocycles. The highest BCUT2D eigenvalue weighted by molar-refractivity contribution is 9.10. The van der Waals surface area contributed by atoms with Crippen LogP contribution in [-0.4, -0.2) is 17.9 Å². The number of amides is 1. The van der Waals surface area contributed by atoms with E-state index >= 15 is 0 Å². The molecule has 2 heterocycles. The van der Waals surface area contributed by atoms with Crippen molar-refractivity contribution in [3.63, 3.8) is 0 Å². The SMILES string of the molecule is Cc1cc([C@@H](C)C(=O)N(C)c2ccc(Br)cn2)c(C)o1. The van der Waals surface area contributed by atoms with Gasteiger partial charge in [0.2, 0.25) is 5.91 Å². The summed E-state index contributed by atoms with van der Waals surface area (Å²) in [6.07, 6.45) is 1.68. The van der Waals surface area contributed by atoms with E-state index < -0.39 is 0 Å². The second-order valence-corrected chi connectivity index (χ2v) is 5.74. The van der Waals surface area contributed by atoms with Gasteiger partial charge in [-0.25, -0.2) is 4.98 Å². The van der Waals surface area contributed by atoms with Crippen LogP contribution in [0.1, 0.15) is 29.9 Å². The maximum absolute atomic E-state index is 12.5. The molecule has 0 bridgehead atoms. The molecule has 4 nitrogen and oxygen atoms in total. The van der Waals surface area contributed by atoms with Crippen LogP contribution in [0.4, 0.5) is 5.82 Å². The van der Waals surface area contributed by atoms with Gasteiger partial charge in [0, 0.05) is 23.3 Å². The molecule has 0 radical (unpaired) electrons. The summed E-state index contributed by atoms with van der Waals surface area (Å²) in [6.45, 7) is 5.65. The average molecular weight is 337 g/mol. The topological polar surface area (TPSA) is 46.3 Å². The lowest BCUT2D eigenvalue weighted by molar-refractivity contribution is -0.119. The first-order chi connectivity index (χ1) is 9.40. The predicted molar refractivity (Wildman–Crippen MR) is 81.9 cm³/mol. The minimum atomic E-state index is -0.261. The lowest BCUT2D eigenvalue weighted by Gasteiger charge is -2.20. The molecule has 106 valence electrons. The van der Waals surface area contributed by atoms with E-state index in [-0.39, 0.29) is 11.8 Å². The lowest BCUT2D eigenvalue weighted by Crippen LogP contribution is -2.31. The number of furan rings is 1. The zero-order valence-corrected chi connectivity index (χ0v) is 13.6. The van der Waals surface area contributed by atoms with Crippen molar-refractivity contribution in [1.29, 1.82) is 0 Å². The predicted octanol–water partition coefficient (Wildman–Crippen LogP) is 3.82. The largest absolute Gasteiger partial charge is 0.466 e. The number of hydrogen-bond donors (Lipinski definition) is 0. The Morgan fingerprint density at radius 1 is 1.40 bits per heavy atom. The maximum Gasteiger partial charge on any atom is 0.235 e. The number of likely N-dealkylation sites (N-methyl/N-ethyl adjacent to an activating group) is 1. The molecule has 0 aromatic carbocycles. The number of anilines is 1. The molecule has 0 N–H and O–H groups in total. The Morgan fingerprint density at radius 3 is 2.60 bits per heavy atom. The number of aryl methyl sites for hydroxylation is 2. The highest BCUT2D eigenvalue weighted by Gasteiger charge is 2.24. The van der Waals surface area contributed by atoms with Crippen LogP contribution in [0.25, 0.3) is 0 Å². The summed E-state index contributed by atoms with van der Waals surface area (Å²) in [6, 6.07) is 5.59. The Balaban J connectivity index is 2.22. The number of carbonyl (C=O) groups is 1. The minimum Gasteiger partial charge on any atom is -0.466 e. The summed E-state index contributed by atoms with van der Waals surface area (Å²) in [5.41, 5.74) is 0.927. The van der Waals surface area contributed by atoms with E-state index in [9.17, 15) is 4.79 Å². The van der Waals surface area contributed by atoms with Gasteiger partial charge in [0.15, 0.2) is 0 Å². The average Bonchev–Trinajstić information content (AvgIpc) is 2.76. The zero-order chi connectivity index (χ0) is 14.9. The summed E-state index contributed by atoms with van der Waals surface area (Å²) in [4.78, 5) is 18.3. The van der Waals surface area contributed by atoms with Crippen molar-refractivity contribution in [3.05, 3.63) is 46.0 Å². The summed E-state index contributed by atoms with van der Waals surface area (Å²) in [5, 5.41) is 0. The van der Waals surface area contributed by atoms with Gasteiger partial charge < -0.3 is 4.42 Å². The molecule has 0 aliphatic heterocycles. The fraction of sp³-hybridized carbons (Fsp3) is 0.333. The lowest BCUT2D eigenvalue weighted by atomic mass is 10.0. The van der Waals surface area contributed by atoms with Gasteiger partial charge >= 0.3 is 0 Å². The zero-order valence-electron chi connectivity index (χ0n) is 12.0. The molecule has 0 aliphatic rings. The Kier molecular flexibility index (Phi) is 4.28. The Labute approximate surface area is 126 Å². The summed E-state index contributed by atoms with van der Waals surface area (Å²) >= 11 is 3.33. The minimum absolute atomic E-state index is 0.0104. The van der Waals surface area contributed by atoms with Crippen molar-refractivity contribution in [2.45, 2.75) is 26.7 Å². The molecule has 0 unspecified atom stereocenters. The Bertz CT molecular complexity index is 619. The Morgan fingerprint density at radius 2 is 2.10 bits per heavy atom. The molecule has 0 saturated heterocycles. The number of nitrogens with zero attached hydrogens (tertiary/aromatic N) is 2. The number of aromatic nitrogens is 1. The van der Waals surface area contributed by atoms with Gasteiger partial charge in [-0.3, -0.25) is 9.69 Å². The molecule has 0 spiro atoms. The first kappa shape index (κ1) is 14.8. The van der Waals surface area contributed by atoms with Crippen molar-refractivity contribution in [1.82, 2.24) is 4.98 Å². The van der Waals surface area contributed by atoms with Crippen LogP contribution >= 0.6 is 15.9 Å². The molecular weight excluding hydrogens is 320 g/mol. The van der Waals surface area contributed by atoms with E-state index in [1.165, 1.54) is 0 Å². The molecule has 2 rings (SSSR count). The monoisotopic (exact) mass is 336 g/mol. The summed E-state index contributed by atoms with van der Waals surface area (Å²) < 4.78 is 6.38. The van der Waals surface area contributed by atoms with Crippen LogP contribution < -0.4 is 4.90 Å². The summed E-state index contributed by atoms with van der Waals surface area (Å²) in [5.74, 6) is 1.97. The fourth-order valence-electron chi connectivity index (χ4n) is 2.18. The molecule has 0 saturated carbocycles. The van der Waals surface area contributed by atoms with Gasteiger partial charge in [0.05, 0.1) is 5.92 Å². The normalized spacial score (nSPS) is 12.2. The molecule has 0 aliphatic carbocycles. The van der Waals surface area contributed by atoms with Gasteiger partial charge in [-0.05, 0) is 54.9 Å². The van der Waals surface area contributed by atoms with Crippen LogP contribution in [0, 0.1) is 13.8 Å². The Hall–Kier alpha value is -1.62. The van der Waals surface area contributed by atoms with E-state index in [4.69, 9.17) is 4.42 Å². The van der Waals surface area contributed by atoms with Crippen molar-refractivity contribution in [2.24, 2.45) is 0 Å². The van der Waals surface area contributed by atoms with Gasteiger partial charge in [-0.15, -0.1) is 0 Å². The molecule has 2 aromatic rings. The van der Waals surface area contributed by atoms with Gasteiger partial charge in [-0.1, -0.05) is 0 Å². The van der Waals surface area contributed by atoms with Crippen LogP contribution in [0.15, 0.2) is 33.3 Å². The molecular formula is C15H17BrN2O2. The smallest absolute Gasteiger partial charge is 0.235 e. The highest BCUT2D eigenvalue weighted by atomic mass is 79.9. The summed E-state index contributed by atoms with van der Waals surface area (Å²) in [7, 11) is 1.73. The molecule has 1 amide bonds. The van der Waals surface area contributed by atoms with Crippen LogP contribution in [0.2, 0.25) is 0 Å². The fourth-order valence-corrected chi connectivity index (χ4v) is 2.42. The highest BCUT2D eigenvalue weighted by Crippen LogP contribution is 2.26. The van der Waals surface area contributed by atoms with E-state index in [0.29, 0.717) is 5.82 Å². The number of pyridine rings is 1. The number of halogens is 1. The number of rotatable bonds is 3. The number of carbonyl (C=O) groups excluding carboxylic acids is 1. The van der Waals surface area contributed by atoms with E-state index in [2.05, 4.69) is 20.9 Å². The van der Waals surface area contributed by atoms with E-state index in [1.54, 1.807) is 18.1 Å². The van der Waals surface area contributed by atoms with E-state index in [0.717, 1.165) is 21.6 Å². The van der Waals surface area contributed by atoms with E-state index in [1.807, 2.05) is 39.0 Å². The van der Waals surface area contributed by atoms with Crippen molar-refractivity contribution < 1.29 is 9.21 Å². The molecule has 0 fully saturated rings. The quantitative estimate of drug-likeness (QED) is 0.855. The first-order valence-electron chi connectivity index (χ1n) is 6.36. The van der Waals surface area contributed by atoms with Crippen molar-refractivity contribution in [3.8, 4) is 0 Å². The van der Waals surface area contributed by atoms with Gasteiger partial charge in [0.1, 0.15) is 17.3 Å². The first-order valence-corrected chi connectivity index (χ1v) is 7.15. The third kappa shape index (κ3) is 2.93.